The third-order valence-electron chi connectivity index (χ3n) is 2.81. The molecule has 0 heterocycles. The van der Waals surface area contributed by atoms with Crippen molar-refractivity contribution in [3.8, 4) is 0 Å². The van der Waals surface area contributed by atoms with E-state index < -0.39 is 0 Å². The first kappa shape index (κ1) is 14.5. The van der Waals surface area contributed by atoms with Gasteiger partial charge in [0.05, 0.1) is 13.2 Å². The predicted molar refractivity (Wildman–Crippen MR) is 70.8 cm³/mol. The zero-order chi connectivity index (χ0) is 13.7. The van der Waals surface area contributed by atoms with Gasteiger partial charge in [-0.15, -0.1) is 0 Å². The van der Waals surface area contributed by atoms with E-state index in [0.29, 0.717) is 5.69 Å². The van der Waals surface area contributed by atoms with Crippen LogP contribution in [0.4, 0.5) is 10.5 Å². The molecular formula is C13H20N2O3. The fraction of sp³-hybridized carbons (Fsp3) is 0.462. The molecule has 0 aliphatic carbocycles. The average molecular weight is 252 g/mol. The molecule has 1 aromatic rings. The van der Waals surface area contributed by atoms with Gasteiger partial charge in [0, 0.05) is 25.7 Å². The highest BCUT2D eigenvalue weighted by atomic mass is 16.3. The van der Waals surface area contributed by atoms with E-state index in [9.17, 15) is 4.79 Å². The summed E-state index contributed by atoms with van der Waals surface area (Å²) < 4.78 is 0. The lowest BCUT2D eigenvalue weighted by molar-refractivity contribution is 0.192. The molecule has 100 valence electrons. The minimum absolute atomic E-state index is 0.0965. The zero-order valence-corrected chi connectivity index (χ0v) is 11.0. The third-order valence-corrected chi connectivity index (χ3v) is 2.81. The van der Waals surface area contributed by atoms with Crippen LogP contribution in [0.15, 0.2) is 18.2 Å². The maximum atomic E-state index is 11.5. The minimum Gasteiger partial charge on any atom is -0.396 e. The molecule has 1 aromatic carbocycles. The average Bonchev–Trinajstić information content (AvgIpc) is 2.33. The van der Waals surface area contributed by atoms with Crippen molar-refractivity contribution in [2.45, 2.75) is 12.8 Å². The number of hydrogen-bond acceptors (Lipinski definition) is 3. The summed E-state index contributed by atoms with van der Waals surface area (Å²) in [6, 6.07) is 5.22. The first-order valence-corrected chi connectivity index (χ1v) is 5.80. The van der Waals surface area contributed by atoms with E-state index in [1.807, 2.05) is 19.1 Å². The maximum Gasteiger partial charge on any atom is 0.321 e. The molecule has 0 spiro atoms. The fourth-order valence-electron chi connectivity index (χ4n) is 1.70. The molecule has 0 fully saturated rings. The monoisotopic (exact) mass is 252 g/mol. The predicted octanol–water partition coefficient (Wildman–Crippen LogP) is 1.16. The lowest BCUT2D eigenvalue weighted by atomic mass is 9.96. The quantitative estimate of drug-likeness (QED) is 0.753. The number of nitrogens with zero attached hydrogens (tertiary/aromatic N) is 1. The summed E-state index contributed by atoms with van der Waals surface area (Å²) in [6.45, 7) is 1.69. The maximum absolute atomic E-state index is 11.5. The first-order chi connectivity index (χ1) is 8.49. The van der Waals surface area contributed by atoms with Crippen LogP contribution in [0.1, 0.15) is 17.0 Å². The zero-order valence-electron chi connectivity index (χ0n) is 11.0. The molecule has 0 aromatic heterocycles. The first-order valence-electron chi connectivity index (χ1n) is 5.80. The van der Waals surface area contributed by atoms with Gasteiger partial charge in [0.2, 0.25) is 0 Å². The van der Waals surface area contributed by atoms with Crippen LogP contribution in [0.2, 0.25) is 0 Å². The van der Waals surface area contributed by atoms with Crippen LogP contribution in [-0.4, -0.2) is 48.5 Å². The van der Waals surface area contributed by atoms with Crippen molar-refractivity contribution in [3.63, 3.8) is 0 Å². The molecule has 0 aliphatic heterocycles. The van der Waals surface area contributed by atoms with E-state index in [4.69, 9.17) is 10.2 Å². The van der Waals surface area contributed by atoms with E-state index in [-0.39, 0.29) is 25.2 Å². The van der Waals surface area contributed by atoms with Crippen LogP contribution in [0.5, 0.6) is 0 Å². The third kappa shape index (κ3) is 3.45. The van der Waals surface area contributed by atoms with Crippen LogP contribution in [0.25, 0.3) is 0 Å². The summed E-state index contributed by atoms with van der Waals surface area (Å²) in [7, 11) is 3.34. The van der Waals surface area contributed by atoms with Crippen LogP contribution >= 0.6 is 0 Å². The van der Waals surface area contributed by atoms with E-state index in [2.05, 4.69) is 5.32 Å². The van der Waals surface area contributed by atoms with E-state index >= 15 is 0 Å². The van der Waals surface area contributed by atoms with Gasteiger partial charge >= 0.3 is 6.03 Å². The lowest BCUT2D eigenvalue weighted by Crippen LogP contribution is -2.27. The van der Waals surface area contributed by atoms with Crippen LogP contribution in [-0.2, 0) is 0 Å². The van der Waals surface area contributed by atoms with Gasteiger partial charge in [-0.3, -0.25) is 0 Å². The van der Waals surface area contributed by atoms with Crippen molar-refractivity contribution in [2.75, 3.05) is 32.6 Å². The van der Waals surface area contributed by atoms with Gasteiger partial charge in [-0.05, 0) is 30.2 Å². The van der Waals surface area contributed by atoms with E-state index in [1.54, 1.807) is 20.2 Å². The summed E-state index contributed by atoms with van der Waals surface area (Å²) in [5.41, 5.74) is 2.52. The number of urea groups is 1. The Hall–Kier alpha value is -1.59. The fourth-order valence-corrected chi connectivity index (χ4v) is 1.70. The molecule has 5 nitrogen and oxygen atoms in total. The molecule has 5 heteroatoms. The topological polar surface area (TPSA) is 72.8 Å². The van der Waals surface area contributed by atoms with Crippen molar-refractivity contribution in [1.82, 2.24) is 4.90 Å². The molecule has 18 heavy (non-hydrogen) atoms. The van der Waals surface area contributed by atoms with Crippen molar-refractivity contribution in [2.24, 2.45) is 0 Å². The van der Waals surface area contributed by atoms with Crippen molar-refractivity contribution >= 4 is 11.7 Å². The Morgan fingerprint density at radius 3 is 2.39 bits per heavy atom. The van der Waals surface area contributed by atoms with Crippen LogP contribution in [0.3, 0.4) is 0 Å². The normalized spacial score (nSPS) is 10.6. The number of hydrogen-bond donors (Lipinski definition) is 3. The number of benzene rings is 1. The van der Waals surface area contributed by atoms with Crippen molar-refractivity contribution in [3.05, 3.63) is 29.3 Å². The number of aryl methyl sites for hydroxylation is 1. The molecule has 3 N–H and O–H groups in total. The standard InChI is InChI=1S/C13H20N2O3/c1-9-6-11(14-13(18)15(2)3)4-5-12(9)10(7-16)8-17/h4-6,10,16-17H,7-8H2,1-3H3,(H,14,18). The molecule has 0 bridgehead atoms. The second-order valence-corrected chi connectivity index (χ2v) is 4.46. The number of carbonyl (C=O) groups excluding carboxylic acids is 1. The number of nitrogens with one attached hydrogen (secondary N) is 1. The second kappa shape index (κ2) is 6.37. The van der Waals surface area contributed by atoms with Crippen LogP contribution in [0, 0.1) is 6.92 Å². The van der Waals surface area contributed by atoms with E-state index in [0.717, 1.165) is 11.1 Å². The van der Waals surface area contributed by atoms with Crippen LogP contribution < -0.4 is 5.32 Å². The molecule has 0 atom stereocenters. The molecule has 2 amide bonds. The molecule has 0 saturated carbocycles. The number of carbonyl (C=O) groups is 1. The summed E-state index contributed by atoms with van der Waals surface area (Å²) >= 11 is 0. The highest BCUT2D eigenvalue weighted by Gasteiger charge is 2.12. The highest BCUT2D eigenvalue weighted by molar-refractivity contribution is 5.89. The van der Waals surface area contributed by atoms with Gasteiger partial charge in [0.25, 0.3) is 0 Å². The minimum atomic E-state index is -0.274. The Kier molecular flexibility index (Phi) is 5.12. The molecule has 1 rings (SSSR count). The Labute approximate surface area is 107 Å². The number of aliphatic hydroxyl groups is 2. The van der Waals surface area contributed by atoms with Gasteiger partial charge in [0.1, 0.15) is 0 Å². The summed E-state index contributed by atoms with van der Waals surface area (Å²) in [6.07, 6.45) is 0. The SMILES string of the molecule is Cc1cc(NC(=O)N(C)C)ccc1C(CO)CO. The molecular weight excluding hydrogens is 232 g/mol. The number of rotatable bonds is 4. The second-order valence-electron chi connectivity index (χ2n) is 4.46. The number of aliphatic hydroxyl groups excluding tert-OH is 2. The van der Waals surface area contributed by atoms with E-state index in [1.165, 1.54) is 4.90 Å². The molecule has 0 aliphatic rings. The lowest BCUT2D eigenvalue weighted by Gasteiger charge is -2.17. The molecule has 0 saturated heterocycles. The van der Waals surface area contributed by atoms with Gasteiger partial charge in [-0.1, -0.05) is 6.07 Å². The summed E-state index contributed by atoms with van der Waals surface area (Å²) in [4.78, 5) is 12.9. The van der Waals surface area contributed by atoms with Gasteiger partial charge in [0.15, 0.2) is 0 Å². The number of amides is 2. The van der Waals surface area contributed by atoms with Gasteiger partial charge in [-0.2, -0.15) is 0 Å². The van der Waals surface area contributed by atoms with Gasteiger partial charge in [-0.25, -0.2) is 4.79 Å². The highest BCUT2D eigenvalue weighted by Crippen LogP contribution is 2.22. The van der Waals surface area contributed by atoms with Crippen molar-refractivity contribution in [1.29, 1.82) is 0 Å². The summed E-state index contributed by atoms with van der Waals surface area (Å²) in [5.74, 6) is -0.274. The Bertz CT molecular complexity index is 415. The largest absolute Gasteiger partial charge is 0.396 e. The smallest absolute Gasteiger partial charge is 0.321 e. The molecule has 0 unspecified atom stereocenters. The number of anilines is 1. The summed E-state index contributed by atoms with van der Waals surface area (Å²) in [5, 5.41) is 21.1. The Balaban J connectivity index is 2.88. The Morgan fingerprint density at radius 2 is 1.94 bits per heavy atom. The Morgan fingerprint density at radius 1 is 1.33 bits per heavy atom. The molecule has 0 radical (unpaired) electrons. The van der Waals surface area contributed by atoms with Gasteiger partial charge < -0.3 is 20.4 Å². The van der Waals surface area contributed by atoms with Crippen molar-refractivity contribution < 1.29 is 15.0 Å².